The molecule has 1 aliphatic rings. The van der Waals surface area contributed by atoms with Crippen molar-refractivity contribution >= 4 is 49.9 Å². The number of anilines is 2. The number of rotatable bonds is 4. The summed E-state index contributed by atoms with van der Waals surface area (Å²) >= 11 is 2.13. The Morgan fingerprint density at radius 3 is 2.43 bits per heavy atom. The quantitative estimate of drug-likeness (QED) is 0.740. The normalized spacial score (nSPS) is 15.0. The Hall–Kier alpha value is -1.61. The van der Waals surface area contributed by atoms with Crippen LogP contribution in [0.3, 0.4) is 0 Å². The molecule has 1 N–H and O–H groups in total. The second-order valence-electron chi connectivity index (χ2n) is 5.26. The second kappa shape index (κ2) is 6.48. The van der Waals surface area contributed by atoms with E-state index in [-0.39, 0.29) is 10.8 Å². The Morgan fingerprint density at radius 2 is 1.83 bits per heavy atom. The van der Waals surface area contributed by atoms with Crippen LogP contribution < -0.4 is 9.62 Å². The molecule has 1 heterocycles. The molecule has 120 valence electrons. The van der Waals surface area contributed by atoms with Crippen LogP contribution in [0.2, 0.25) is 0 Å². The Kier molecular flexibility index (Phi) is 4.58. The van der Waals surface area contributed by atoms with E-state index in [1.807, 2.05) is 6.07 Å². The van der Waals surface area contributed by atoms with Gasteiger partial charge in [-0.2, -0.15) is 0 Å². The highest BCUT2D eigenvalue weighted by Gasteiger charge is 2.22. The number of nitrogens with zero attached hydrogens (tertiary/aromatic N) is 1. The van der Waals surface area contributed by atoms with Crippen molar-refractivity contribution in [1.29, 1.82) is 0 Å². The van der Waals surface area contributed by atoms with E-state index in [0.29, 0.717) is 18.7 Å². The number of hydrogen-bond acceptors (Lipinski definition) is 3. The second-order valence-corrected chi connectivity index (χ2v) is 8.19. The van der Waals surface area contributed by atoms with Gasteiger partial charge in [0.1, 0.15) is 0 Å². The number of benzene rings is 2. The minimum atomic E-state index is -3.64. The number of amides is 1. The van der Waals surface area contributed by atoms with Gasteiger partial charge in [-0.05, 0) is 71.5 Å². The molecule has 1 fully saturated rings. The van der Waals surface area contributed by atoms with Crippen LogP contribution in [0.25, 0.3) is 0 Å². The van der Waals surface area contributed by atoms with Gasteiger partial charge in [-0.15, -0.1) is 0 Å². The van der Waals surface area contributed by atoms with Crippen molar-refractivity contribution in [1.82, 2.24) is 0 Å². The average molecular weight is 442 g/mol. The highest BCUT2D eigenvalue weighted by atomic mass is 127. The van der Waals surface area contributed by atoms with Gasteiger partial charge in [-0.1, -0.05) is 6.07 Å². The van der Waals surface area contributed by atoms with Gasteiger partial charge < -0.3 is 4.90 Å². The molecule has 2 aromatic carbocycles. The lowest BCUT2D eigenvalue weighted by Gasteiger charge is -2.16. The number of carbonyl (C=O) groups excluding carboxylic acids is 1. The molecule has 0 radical (unpaired) electrons. The van der Waals surface area contributed by atoms with E-state index >= 15 is 0 Å². The smallest absolute Gasteiger partial charge is 0.261 e. The fraction of sp³-hybridized carbons (Fsp3) is 0.188. The van der Waals surface area contributed by atoms with E-state index in [2.05, 4.69) is 27.3 Å². The summed E-state index contributed by atoms with van der Waals surface area (Å²) in [5.74, 6) is 0.0811. The molecule has 0 bridgehead atoms. The highest BCUT2D eigenvalue weighted by Crippen LogP contribution is 2.24. The Labute approximate surface area is 148 Å². The minimum absolute atomic E-state index is 0.0811. The molecule has 0 aliphatic carbocycles. The van der Waals surface area contributed by atoms with Crippen LogP contribution in [0.4, 0.5) is 11.4 Å². The summed E-state index contributed by atoms with van der Waals surface area (Å²) in [5.41, 5.74) is 1.26. The lowest BCUT2D eigenvalue weighted by Crippen LogP contribution is -2.23. The Morgan fingerprint density at radius 1 is 1.09 bits per heavy atom. The molecule has 0 aromatic heterocycles. The van der Waals surface area contributed by atoms with E-state index in [4.69, 9.17) is 0 Å². The third kappa shape index (κ3) is 3.66. The van der Waals surface area contributed by atoms with Gasteiger partial charge in [0.25, 0.3) is 10.0 Å². The number of halogens is 1. The fourth-order valence-corrected chi connectivity index (χ4v) is 4.09. The molecule has 5 nitrogen and oxygen atoms in total. The lowest BCUT2D eigenvalue weighted by molar-refractivity contribution is -0.117. The Bertz CT molecular complexity index is 835. The zero-order valence-electron chi connectivity index (χ0n) is 12.2. The molecule has 0 atom stereocenters. The predicted octanol–water partition coefficient (Wildman–Crippen LogP) is 3.22. The number of carbonyl (C=O) groups is 1. The van der Waals surface area contributed by atoms with Gasteiger partial charge in [0.15, 0.2) is 0 Å². The molecule has 1 amide bonds. The fourth-order valence-electron chi connectivity index (χ4n) is 2.49. The van der Waals surface area contributed by atoms with Crippen molar-refractivity contribution in [3.63, 3.8) is 0 Å². The van der Waals surface area contributed by atoms with Gasteiger partial charge in [-0.3, -0.25) is 9.52 Å². The molecule has 1 aliphatic heterocycles. The maximum Gasteiger partial charge on any atom is 0.261 e. The first-order chi connectivity index (χ1) is 11.0. The van der Waals surface area contributed by atoms with Gasteiger partial charge in [0, 0.05) is 27.9 Å². The Balaban J connectivity index is 1.81. The zero-order chi connectivity index (χ0) is 16.4. The molecule has 7 heteroatoms. The van der Waals surface area contributed by atoms with Crippen molar-refractivity contribution in [2.75, 3.05) is 16.2 Å². The van der Waals surface area contributed by atoms with Crippen molar-refractivity contribution in [3.8, 4) is 0 Å². The van der Waals surface area contributed by atoms with Crippen molar-refractivity contribution in [2.45, 2.75) is 17.7 Å². The van der Waals surface area contributed by atoms with E-state index in [1.165, 1.54) is 12.1 Å². The first kappa shape index (κ1) is 16.3. The first-order valence-corrected chi connectivity index (χ1v) is 9.71. The maximum atomic E-state index is 12.4. The summed E-state index contributed by atoms with van der Waals surface area (Å²) in [6.07, 6.45) is 1.39. The zero-order valence-corrected chi connectivity index (χ0v) is 15.2. The number of sulfonamides is 1. The highest BCUT2D eigenvalue weighted by molar-refractivity contribution is 14.1. The van der Waals surface area contributed by atoms with Crippen molar-refractivity contribution in [2.24, 2.45) is 0 Å². The summed E-state index contributed by atoms with van der Waals surface area (Å²) in [6, 6.07) is 13.5. The van der Waals surface area contributed by atoms with Crippen LogP contribution >= 0.6 is 22.6 Å². The SMILES string of the molecule is O=C1CCCN1c1ccc(S(=O)(=O)Nc2cccc(I)c2)cc1. The van der Waals surface area contributed by atoms with Crippen molar-refractivity contribution in [3.05, 3.63) is 52.1 Å². The summed E-state index contributed by atoms with van der Waals surface area (Å²) in [5, 5.41) is 0. The number of nitrogens with one attached hydrogen (secondary N) is 1. The van der Waals surface area contributed by atoms with Crippen molar-refractivity contribution < 1.29 is 13.2 Å². The van der Waals surface area contributed by atoms with Crippen LogP contribution in [0.1, 0.15) is 12.8 Å². The van der Waals surface area contributed by atoms with Crippen LogP contribution in [-0.2, 0) is 14.8 Å². The maximum absolute atomic E-state index is 12.4. The van der Waals surface area contributed by atoms with Gasteiger partial charge in [0.2, 0.25) is 5.91 Å². The van der Waals surface area contributed by atoms with Gasteiger partial charge >= 0.3 is 0 Å². The van der Waals surface area contributed by atoms with E-state index in [9.17, 15) is 13.2 Å². The number of hydrogen-bond donors (Lipinski definition) is 1. The van der Waals surface area contributed by atoms with Gasteiger partial charge in [0.05, 0.1) is 4.90 Å². The van der Waals surface area contributed by atoms with E-state index in [1.54, 1.807) is 35.2 Å². The molecule has 0 spiro atoms. The molecule has 0 unspecified atom stereocenters. The molecule has 0 saturated carbocycles. The predicted molar refractivity (Wildman–Crippen MR) is 98.0 cm³/mol. The summed E-state index contributed by atoms with van der Waals surface area (Å²) in [6.45, 7) is 0.686. The summed E-state index contributed by atoms with van der Waals surface area (Å²) in [7, 11) is -3.64. The van der Waals surface area contributed by atoms with Crippen LogP contribution in [0.15, 0.2) is 53.4 Å². The minimum Gasteiger partial charge on any atom is -0.312 e. The molecule has 2 aromatic rings. The van der Waals surface area contributed by atoms with Crippen LogP contribution in [-0.4, -0.2) is 20.9 Å². The summed E-state index contributed by atoms with van der Waals surface area (Å²) in [4.78, 5) is 13.6. The molecular formula is C16H15IN2O3S. The monoisotopic (exact) mass is 442 g/mol. The molecular weight excluding hydrogens is 427 g/mol. The molecule has 23 heavy (non-hydrogen) atoms. The van der Waals surface area contributed by atoms with Gasteiger partial charge in [-0.25, -0.2) is 8.42 Å². The van der Waals surface area contributed by atoms with E-state index < -0.39 is 10.0 Å². The summed E-state index contributed by atoms with van der Waals surface area (Å²) < 4.78 is 28.3. The van der Waals surface area contributed by atoms with E-state index in [0.717, 1.165) is 15.7 Å². The molecule has 1 saturated heterocycles. The first-order valence-electron chi connectivity index (χ1n) is 7.14. The lowest BCUT2D eigenvalue weighted by atomic mass is 10.3. The average Bonchev–Trinajstić information content (AvgIpc) is 2.93. The molecule has 3 rings (SSSR count). The topological polar surface area (TPSA) is 66.5 Å². The largest absolute Gasteiger partial charge is 0.312 e. The standard InChI is InChI=1S/C16H15IN2O3S/c17-12-3-1-4-13(11-12)18-23(21,22)15-8-6-14(7-9-15)19-10-2-5-16(19)20/h1,3-4,6-9,11,18H,2,5,10H2. The third-order valence-corrected chi connectivity index (χ3v) is 5.68. The van der Waals surface area contributed by atoms with Crippen LogP contribution in [0, 0.1) is 3.57 Å². The third-order valence-electron chi connectivity index (χ3n) is 3.61. The van der Waals surface area contributed by atoms with Crippen LogP contribution in [0.5, 0.6) is 0 Å².